The maximum atomic E-state index is 9.27. The molecule has 0 aliphatic carbocycles. The summed E-state index contributed by atoms with van der Waals surface area (Å²) >= 11 is 6.07. The molecule has 1 aromatic heterocycles. The van der Waals surface area contributed by atoms with E-state index in [1.54, 1.807) is 0 Å². The van der Waals surface area contributed by atoms with Crippen molar-refractivity contribution < 1.29 is 5.11 Å². The lowest BCUT2D eigenvalue weighted by atomic mass is 9.94. The van der Waals surface area contributed by atoms with E-state index in [0.29, 0.717) is 11.8 Å². The Morgan fingerprint density at radius 2 is 2.17 bits per heavy atom. The van der Waals surface area contributed by atoms with Crippen molar-refractivity contribution in [2.75, 3.05) is 26.7 Å². The van der Waals surface area contributed by atoms with Gasteiger partial charge in [-0.2, -0.15) is 0 Å². The van der Waals surface area contributed by atoms with Crippen LogP contribution in [0.15, 0.2) is 17.3 Å². The Morgan fingerprint density at radius 1 is 1.46 bits per heavy atom. The quantitative estimate of drug-likeness (QED) is 0.528. The van der Waals surface area contributed by atoms with E-state index in [-0.39, 0.29) is 6.61 Å². The van der Waals surface area contributed by atoms with Crippen molar-refractivity contribution in [2.24, 2.45) is 23.9 Å². The Bertz CT molecular complexity index is 513. The number of rotatable bonds is 9. The zero-order valence-corrected chi connectivity index (χ0v) is 16.5. The van der Waals surface area contributed by atoms with Crippen LogP contribution in [0, 0.1) is 11.8 Å². The number of nitrogens with one attached hydrogen (secondary N) is 1. The van der Waals surface area contributed by atoms with Gasteiger partial charge in [-0.25, -0.2) is 0 Å². The first-order chi connectivity index (χ1) is 11.4. The standard InChI is InChI=1S/C18H33ClN4O/c1-6-20-18(21-11-15(7-8-24)9-14(2)3)23(5)13-17-10-16(19)12-22(17)4/h10,12,14-15,24H,6-9,11,13H2,1-5H3,(H,20,21). The Morgan fingerprint density at radius 3 is 2.67 bits per heavy atom. The Kier molecular flexibility index (Phi) is 9.22. The predicted molar refractivity (Wildman–Crippen MR) is 103 cm³/mol. The van der Waals surface area contributed by atoms with Crippen molar-refractivity contribution in [1.29, 1.82) is 0 Å². The molecule has 0 radical (unpaired) electrons. The van der Waals surface area contributed by atoms with Crippen LogP contribution < -0.4 is 5.32 Å². The third-order valence-corrected chi connectivity index (χ3v) is 4.22. The summed E-state index contributed by atoms with van der Waals surface area (Å²) in [5.41, 5.74) is 1.14. The number of aliphatic hydroxyl groups excluding tert-OH is 1. The lowest BCUT2D eigenvalue weighted by molar-refractivity contribution is 0.245. The van der Waals surface area contributed by atoms with Gasteiger partial charge in [-0.15, -0.1) is 0 Å². The van der Waals surface area contributed by atoms with E-state index in [4.69, 9.17) is 16.6 Å². The molecule has 0 saturated heterocycles. The molecular formula is C18H33ClN4O. The summed E-state index contributed by atoms with van der Waals surface area (Å²) in [5, 5.41) is 13.4. The molecule has 0 fully saturated rings. The zero-order chi connectivity index (χ0) is 18.1. The third kappa shape index (κ3) is 7.14. The van der Waals surface area contributed by atoms with Crippen LogP contribution in [0.2, 0.25) is 5.02 Å². The zero-order valence-electron chi connectivity index (χ0n) is 15.7. The van der Waals surface area contributed by atoms with Crippen LogP contribution in [-0.4, -0.2) is 47.3 Å². The van der Waals surface area contributed by atoms with Crippen LogP contribution >= 0.6 is 11.6 Å². The second-order valence-electron chi connectivity index (χ2n) is 6.82. The molecule has 2 N–H and O–H groups in total. The molecule has 0 aliphatic rings. The smallest absolute Gasteiger partial charge is 0.194 e. The van der Waals surface area contributed by atoms with E-state index in [9.17, 15) is 5.11 Å². The lowest BCUT2D eigenvalue weighted by Crippen LogP contribution is -2.39. The van der Waals surface area contributed by atoms with Crippen molar-refractivity contribution >= 4 is 17.6 Å². The van der Waals surface area contributed by atoms with Gasteiger partial charge in [0.15, 0.2) is 5.96 Å². The van der Waals surface area contributed by atoms with Gasteiger partial charge < -0.3 is 19.9 Å². The molecule has 0 spiro atoms. The van der Waals surface area contributed by atoms with E-state index >= 15 is 0 Å². The van der Waals surface area contributed by atoms with Gasteiger partial charge in [0.2, 0.25) is 0 Å². The van der Waals surface area contributed by atoms with Crippen LogP contribution in [0.5, 0.6) is 0 Å². The summed E-state index contributed by atoms with van der Waals surface area (Å²) < 4.78 is 2.04. The Labute approximate surface area is 151 Å². The molecule has 0 aromatic carbocycles. The molecule has 1 atom stereocenters. The fourth-order valence-electron chi connectivity index (χ4n) is 2.86. The fourth-order valence-corrected chi connectivity index (χ4v) is 3.13. The number of aliphatic imine (C=N–C) groups is 1. The number of aromatic nitrogens is 1. The third-order valence-electron chi connectivity index (χ3n) is 4.01. The Balaban J connectivity index is 2.76. The minimum absolute atomic E-state index is 0.223. The van der Waals surface area contributed by atoms with Crippen LogP contribution in [0.4, 0.5) is 0 Å². The number of halogens is 1. The van der Waals surface area contributed by atoms with E-state index in [1.807, 2.05) is 30.9 Å². The van der Waals surface area contributed by atoms with Crippen molar-refractivity contribution in [3.8, 4) is 0 Å². The van der Waals surface area contributed by atoms with Crippen LogP contribution in [0.3, 0.4) is 0 Å². The van der Waals surface area contributed by atoms with Crippen molar-refractivity contribution in [3.05, 3.63) is 23.0 Å². The molecule has 138 valence electrons. The summed E-state index contributed by atoms with van der Waals surface area (Å²) in [6.07, 6.45) is 3.80. The minimum atomic E-state index is 0.223. The number of aliphatic hydroxyl groups is 1. The highest BCUT2D eigenvalue weighted by molar-refractivity contribution is 6.30. The number of hydrogen-bond donors (Lipinski definition) is 2. The summed E-state index contributed by atoms with van der Waals surface area (Å²) in [4.78, 5) is 6.91. The van der Waals surface area contributed by atoms with E-state index < -0.39 is 0 Å². The minimum Gasteiger partial charge on any atom is -0.396 e. The lowest BCUT2D eigenvalue weighted by Gasteiger charge is -2.23. The molecule has 1 aromatic rings. The van der Waals surface area contributed by atoms with E-state index in [1.165, 1.54) is 0 Å². The van der Waals surface area contributed by atoms with Gasteiger partial charge in [0.25, 0.3) is 0 Å². The highest BCUT2D eigenvalue weighted by Gasteiger charge is 2.13. The van der Waals surface area contributed by atoms with Gasteiger partial charge in [0, 0.05) is 45.7 Å². The van der Waals surface area contributed by atoms with E-state index in [0.717, 1.165) is 49.2 Å². The van der Waals surface area contributed by atoms with Gasteiger partial charge in [0.05, 0.1) is 11.6 Å². The van der Waals surface area contributed by atoms with Crippen molar-refractivity contribution in [3.63, 3.8) is 0 Å². The number of nitrogens with zero attached hydrogens (tertiary/aromatic N) is 3. The molecule has 0 saturated carbocycles. The van der Waals surface area contributed by atoms with Gasteiger partial charge in [-0.1, -0.05) is 25.4 Å². The average Bonchev–Trinajstić information content (AvgIpc) is 2.80. The normalized spacial score (nSPS) is 13.4. The first-order valence-electron chi connectivity index (χ1n) is 8.78. The van der Waals surface area contributed by atoms with Crippen LogP contribution in [-0.2, 0) is 13.6 Å². The topological polar surface area (TPSA) is 52.8 Å². The van der Waals surface area contributed by atoms with Crippen molar-refractivity contribution in [1.82, 2.24) is 14.8 Å². The molecule has 6 heteroatoms. The average molecular weight is 357 g/mol. The van der Waals surface area contributed by atoms with Crippen LogP contribution in [0.1, 0.15) is 39.3 Å². The second-order valence-corrected chi connectivity index (χ2v) is 7.26. The SMILES string of the molecule is CCNC(=NCC(CCO)CC(C)C)N(C)Cc1cc(Cl)cn1C. The first kappa shape index (κ1) is 20.8. The largest absolute Gasteiger partial charge is 0.396 e. The van der Waals surface area contributed by atoms with Gasteiger partial charge in [-0.05, 0) is 37.7 Å². The summed E-state index contributed by atoms with van der Waals surface area (Å²) in [5.74, 6) is 1.92. The fraction of sp³-hybridized carbons (Fsp3) is 0.722. The predicted octanol–water partition coefficient (Wildman–Crippen LogP) is 3.12. The molecular weight excluding hydrogens is 324 g/mol. The molecule has 24 heavy (non-hydrogen) atoms. The van der Waals surface area contributed by atoms with Gasteiger partial charge >= 0.3 is 0 Å². The molecule has 0 aliphatic heterocycles. The highest BCUT2D eigenvalue weighted by Crippen LogP contribution is 2.16. The maximum absolute atomic E-state index is 9.27. The number of guanidine groups is 1. The summed E-state index contributed by atoms with van der Waals surface area (Å²) in [6.45, 7) is 9.02. The highest BCUT2D eigenvalue weighted by atomic mass is 35.5. The van der Waals surface area contributed by atoms with Crippen molar-refractivity contribution in [2.45, 2.75) is 40.2 Å². The number of hydrogen-bond acceptors (Lipinski definition) is 2. The second kappa shape index (κ2) is 10.6. The molecule has 1 rings (SSSR count). The molecule has 5 nitrogen and oxygen atoms in total. The molecule has 1 unspecified atom stereocenters. The van der Waals surface area contributed by atoms with Gasteiger partial charge in [0.1, 0.15) is 0 Å². The number of aryl methyl sites for hydroxylation is 1. The van der Waals surface area contributed by atoms with Gasteiger partial charge in [-0.3, -0.25) is 4.99 Å². The van der Waals surface area contributed by atoms with E-state index in [2.05, 4.69) is 31.0 Å². The molecule has 1 heterocycles. The molecule has 0 amide bonds. The first-order valence-corrected chi connectivity index (χ1v) is 9.16. The Hall–Kier alpha value is -1.20. The maximum Gasteiger partial charge on any atom is 0.194 e. The summed E-state index contributed by atoms with van der Waals surface area (Å²) in [7, 11) is 4.03. The van der Waals surface area contributed by atoms with Crippen LogP contribution in [0.25, 0.3) is 0 Å². The monoisotopic (exact) mass is 356 g/mol. The molecule has 0 bridgehead atoms. The summed E-state index contributed by atoms with van der Waals surface area (Å²) in [6, 6.07) is 1.98.